The Morgan fingerprint density at radius 1 is 1.25 bits per heavy atom. The Balaban J connectivity index is 2.01. The topological polar surface area (TPSA) is 51.8 Å². The first-order valence-electron chi connectivity index (χ1n) is 6.20. The van der Waals surface area contributed by atoms with E-state index in [0.29, 0.717) is 19.0 Å². The lowest BCUT2D eigenvalue weighted by Gasteiger charge is -2.07. The maximum Gasteiger partial charge on any atom is 0.134 e. The first kappa shape index (κ1) is 14.2. The van der Waals surface area contributed by atoms with Gasteiger partial charge in [0.1, 0.15) is 24.7 Å². The third-order valence-corrected chi connectivity index (χ3v) is 2.66. The van der Waals surface area contributed by atoms with E-state index in [1.165, 1.54) is 0 Å². The van der Waals surface area contributed by atoms with Crippen molar-refractivity contribution in [3.05, 3.63) is 53.5 Å². The highest BCUT2D eigenvalue weighted by Gasteiger charge is 2.03. The molecule has 0 saturated heterocycles. The van der Waals surface area contributed by atoms with Crippen LogP contribution < -0.4 is 4.74 Å². The third-order valence-electron chi connectivity index (χ3n) is 2.66. The zero-order chi connectivity index (χ0) is 14.2. The molecule has 4 heteroatoms. The van der Waals surface area contributed by atoms with Crippen LogP contribution in [0, 0.1) is 11.8 Å². The van der Waals surface area contributed by atoms with Gasteiger partial charge in [-0.1, -0.05) is 17.9 Å². The first-order chi connectivity index (χ1) is 9.83. The molecule has 0 aliphatic carbocycles. The summed E-state index contributed by atoms with van der Waals surface area (Å²) in [4.78, 5) is 0. The van der Waals surface area contributed by atoms with E-state index >= 15 is 0 Å². The normalized spacial score (nSPS) is 9.90. The van der Waals surface area contributed by atoms with Gasteiger partial charge in [-0.3, -0.25) is 0 Å². The highest BCUT2D eigenvalue weighted by molar-refractivity contribution is 5.48. The zero-order valence-corrected chi connectivity index (χ0v) is 11.3. The summed E-state index contributed by atoms with van der Waals surface area (Å²) in [6.07, 6.45) is 1.62. The molecule has 0 unspecified atom stereocenters. The van der Waals surface area contributed by atoms with Crippen LogP contribution in [0.4, 0.5) is 0 Å². The van der Waals surface area contributed by atoms with Gasteiger partial charge in [0.25, 0.3) is 0 Å². The van der Waals surface area contributed by atoms with Crippen molar-refractivity contribution in [3.63, 3.8) is 0 Å². The SMILES string of the molecule is COc1ccc(COCc2ccco2)cc1C#CCO. The molecule has 1 aromatic heterocycles. The molecule has 2 rings (SSSR count). The Hall–Kier alpha value is -2.22. The Bertz CT molecular complexity index is 591. The van der Waals surface area contributed by atoms with Gasteiger partial charge in [-0.25, -0.2) is 0 Å². The standard InChI is InChI=1S/C16H16O4/c1-18-16-7-6-13(10-14(16)4-2-8-17)11-19-12-15-5-3-9-20-15/h3,5-7,9-10,17H,8,11-12H2,1H3. The third kappa shape index (κ3) is 3.89. The van der Waals surface area contributed by atoms with Gasteiger partial charge in [0, 0.05) is 0 Å². The summed E-state index contributed by atoms with van der Waals surface area (Å²) in [6.45, 7) is 0.706. The van der Waals surface area contributed by atoms with Crippen molar-refractivity contribution < 1.29 is 19.0 Å². The second kappa shape index (κ2) is 7.39. The molecule has 1 N–H and O–H groups in total. The second-order valence-corrected chi connectivity index (χ2v) is 4.07. The van der Waals surface area contributed by atoms with E-state index in [0.717, 1.165) is 16.9 Å². The van der Waals surface area contributed by atoms with Gasteiger partial charge < -0.3 is 19.0 Å². The summed E-state index contributed by atoms with van der Waals surface area (Å²) in [7, 11) is 1.59. The highest BCUT2D eigenvalue weighted by atomic mass is 16.5. The van der Waals surface area contributed by atoms with E-state index in [1.807, 2.05) is 30.3 Å². The van der Waals surface area contributed by atoms with E-state index in [1.54, 1.807) is 13.4 Å². The Morgan fingerprint density at radius 3 is 2.85 bits per heavy atom. The number of hydrogen-bond donors (Lipinski definition) is 1. The number of aliphatic hydroxyl groups is 1. The highest BCUT2D eigenvalue weighted by Crippen LogP contribution is 2.19. The van der Waals surface area contributed by atoms with E-state index in [9.17, 15) is 0 Å². The number of hydrogen-bond acceptors (Lipinski definition) is 4. The molecular weight excluding hydrogens is 256 g/mol. The molecular formula is C16H16O4. The van der Waals surface area contributed by atoms with Gasteiger partial charge in [0.05, 0.1) is 25.5 Å². The van der Waals surface area contributed by atoms with Crippen LogP contribution in [0.25, 0.3) is 0 Å². The molecule has 104 valence electrons. The van der Waals surface area contributed by atoms with Gasteiger partial charge in [0.15, 0.2) is 0 Å². The smallest absolute Gasteiger partial charge is 0.134 e. The van der Waals surface area contributed by atoms with Crippen molar-refractivity contribution in [1.82, 2.24) is 0 Å². The fourth-order valence-corrected chi connectivity index (χ4v) is 1.74. The van der Waals surface area contributed by atoms with E-state index < -0.39 is 0 Å². The van der Waals surface area contributed by atoms with Crippen molar-refractivity contribution in [1.29, 1.82) is 0 Å². The van der Waals surface area contributed by atoms with Crippen molar-refractivity contribution >= 4 is 0 Å². The molecule has 0 bridgehead atoms. The van der Waals surface area contributed by atoms with Crippen LogP contribution in [-0.2, 0) is 18.0 Å². The summed E-state index contributed by atoms with van der Waals surface area (Å²) in [5.41, 5.74) is 1.72. The lowest BCUT2D eigenvalue weighted by molar-refractivity contribution is 0.0929. The predicted molar refractivity (Wildman–Crippen MR) is 74.2 cm³/mol. The van der Waals surface area contributed by atoms with Crippen LogP contribution in [0.15, 0.2) is 41.0 Å². The Morgan fingerprint density at radius 2 is 2.15 bits per heavy atom. The molecule has 0 amide bonds. The Kier molecular flexibility index (Phi) is 5.24. The minimum Gasteiger partial charge on any atom is -0.495 e. The molecule has 0 saturated carbocycles. The summed E-state index contributed by atoms with van der Waals surface area (Å²) in [6, 6.07) is 9.35. The number of rotatable bonds is 5. The van der Waals surface area contributed by atoms with E-state index in [-0.39, 0.29) is 6.61 Å². The van der Waals surface area contributed by atoms with Gasteiger partial charge in [-0.05, 0) is 29.8 Å². The van der Waals surface area contributed by atoms with Crippen LogP contribution in [-0.4, -0.2) is 18.8 Å². The minimum absolute atomic E-state index is 0.178. The summed E-state index contributed by atoms with van der Waals surface area (Å²) >= 11 is 0. The molecule has 0 aliphatic heterocycles. The molecule has 20 heavy (non-hydrogen) atoms. The number of ether oxygens (including phenoxy) is 2. The molecule has 0 atom stereocenters. The number of furan rings is 1. The average molecular weight is 272 g/mol. The lowest BCUT2D eigenvalue weighted by atomic mass is 10.1. The zero-order valence-electron chi connectivity index (χ0n) is 11.3. The lowest BCUT2D eigenvalue weighted by Crippen LogP contribution is -1.95. The van der Waals surface area contributed by atoms with E-state index in [4.69, 9.17) is 19.0 Å². The molecule has 0 radical (unpaired) electrons. The van der Waals surface area contributed by atoms with Crippen LogP contribution >= 0.6 is 0 Å². The number of methoxy groups -OCH3 is 1. The fourth-order valence-electron chi connectivity index (χ4n) is 1.74. The molecule has 0 fully saturated rings. The van der Waals surface area contributed by atoms with E-state index in [2.05, 4.69) is 11.8 Å². The summed E-state index contributed by atoms with van der Waals surface area (Å²) in [5.74, 6) is 6.95. The van der Waals surface area contributed by atoms with Crippen LogP contribution in [0.2, 0.25) is 0 Å². The minimum atomic E-state index is -0.178. The maximum atomic E-state index is 8.76. The van der Waals surface area contributed by atoms with Gasteiger partial charge in [-0.2, -0.15) is 0 Å². The van der Waals surface area contributed by atoms with Crippen molar-refractivity contribution in [2.45, 2.75) is 13.2 Å². The molecule has 4 nitrogen and oxygen atoms in total. The quantitative estimate of drug-likeness (QED) is 0.849. The molecule has 1 aromatic carbocycles. The molecule has 1 heterocycles. The van der Waals surface area contributed by atoms with Gasteiger partial charge in [0.2, 0.25) is 0 Å². The van der Waals surface area contributed by atoms with Crippen LogP contribution in [0.1, 0.15) is 16.9 Å². The predicted octanol–water partition coefficient (Wildman–Crippen LogP) is 2.35. The van der Waals surface area contributed by atoms with Crippen LogP contribution in [0.5, 0.6) is 5.75 Å². The largest absolute Gasteiger partial charge is 0.495 e. The molecule has 2 aromatic rings. The van der Waals surface area contributed by atoms with Crippen LogP contribution in [0.3, 0.4) is 0 Å². The van der Waals surface area contributed by atoms with Gasteiger partial charge in [-0.15, -0.1) is 0 Å². The number of benzene rings is 1. The van der Waals surface area contributed by atoms with Crippen molar-refractivity contribution in [3.8, 4) is 17.6 Å². The Labute approximate surface area is 117 Å². The fraction of sp³-hybridized carbons (Fsp3) is 0.250. The van der Waals surface area contributed by atoms with Crippen molar-refractivity contribution in [2.75, 3.05) is 13.7 Å². The summed E-state index contributed by atoms with van der Waals surface area (Å²) < 4.78 is 16.0. The average Bonchev–Trinajstić information content (AvgIpc) is 2.98. The monoisotopic (exact) mass is 272 g/mol. The summed E-state index contributed by atoms with van der Waals surface area (Å²) in [5, 5.41) is 8.76. The van der Waals surface area contributed by atoms with Gasteiger partial charge >= 0.3 is 0 Å². The maximum absolute atomic E-state index is 8.76. The first-order valence-corrected chi connectivity index (χ1v) is 6.20. The second-order valence-electron chi connectivity index (χ2n) is 4.07. The van der Waals surface area contributed by atoms with Crippen molar-refractivity contribution in [2.24, 2.45) is 0 Å². The molecule has 0 aliphatic rings. The number of aliphatic hydroxyl groups excluding tert-OH is 1. The molecule has 0 spiro atoms.